The zero-order valence-corrected chi connectivity index (χ0v) is 24.8. The predicted octanol–water partition coefficient (Wildman–Crippen LogP) is 12.7. The molecular weight excluding hydrogens is 424 g/mol. The van der Waals surface area contributed by atoms with E-state index in [1.165, 1.54) is 173 Å². The van der Waals surface area contributed by atoms with Gasteiger partial charge in [0.15, 0.2) is 0 Å². The maximum absolute atomic E-state index is 12.1. The molecule has 0 N–H and O–H groups in total. The fourth-order valence-corrected chi connectivity index (χ4v) is 5.34. The normalized spacial score (nSPS) is 11.4. The van der Waals surface area contributed by atoms with Crippen LogP contribution in [0.2, 0.25) is 0 Å². The summed E-state index contributed by atoms with van der Waals surface area (Å²) in [6.07, 6.45) is 42.0. The first kappa shape index (κ1) is 34.7. The zero-order valence-electron chi connectivity index (χ0n) is 24.8. The minimum atomic E-state index is 0.526. The van der Waals surface area contributed by atoms with Gasteiger partial charge in [-0.2, -0.15) is 0 Å². The van der Waals surface area contributed by atoms with E-state index in [2.05, 4.69) is 13.8 Å². The molecule has 0 aliphatic heterocycles. The Morgan fingerprint density at radius 3 is 0.657 bits per heavy atom. The standard InChI is InChI=1S/C34H68O/c1-3-5-7-9-11-13-15-17-18-19-20-21-23-25-27-29-31-33-34(35)32-30-28-26-24-22-16-14-12-10-8-6-4-2/h3-33H2,1-2H3. The number of Topliss-reactive ketones (excluding diaryl/α,β-unsaturated/α-hetero) is 1. The van der Waals surface area contributed by atoms with Crippen LogP contribution in [0, 0.1) is 0 Å². The van der Waals surface area contributed by atoms with E-state index < -0.39 is 0 Å². The third kappa shape index (κ3) is 31.6. The van der Waals surface area contributed by atoms with Gasteiger partial charge in [-0.05, 0) is 12.8 Å². The molecule has 0 saturated heterocycles. The molecular formula is C34H68O. The van der Waals surface area contributed by atoms with Gasteiger partial charge in [0.05, 0.1) is 0 Å². The van der Waals surface area contributed by atoms with Crippen LogP contribution < -0.4 is 0 Å². The lowest BCUT2D eigenvalue weighted by molar-refractivity contribution is -0.119. The van der Waals surface area contributed by atoms with Crippen LogP contribution >= 0.6 is 0 Å². The second-order valence-corrected chi connectivity index (χ2v) is 11.6. The molecule has 0 saturated carbocycles. The van der Waals surface area contributed by atoms with Crippen molar-refractivity contribution in [1.29, 1.82) is 0 Å². The van der Waals surface area contributed by atoms with Crippen LogP contribution in [0.5, 0.6) is 0 Å². The Labute approximate surface area is 223 Å². The molecule has 35 heavy (non-hydrogen) atoms. The van der Waals surface area contributed by atoms with E-state index in [1.54, 1.807) is 0 Å². The van der Waals surface area contributed by atoms with Gasteiger partial charge in [0, 0.05) is 12.8 Å². The van der Waals surface area contributed by atoms with Crippen molar-refractivity contribution in [2.75, 3.05) is 0 Å². The fourth-order valence-electron chi connectivity index (χ4n) is 5.34. The lowest BCUT2D eigenvalue weighted by Crippen LogP contribution is -1.97. The highest BCUT2D eigenvalue weighted by Gasteiger charge is 2.02. The molecule has 0 aromatic carbocycles. The van der Waals surface area contributed by atoms with Crippen molar-refractivity contribution in [1.82, 2.24) is 0 Å². The summed E-state index contributed by atoms with van der Waals surface area (Å²) < 4.78 is 0. The Morgan fingerprint density at radius 2 is 0.457 bits per heavy atom. The molecule has 1 heteroatoms. The van der Waals surface area contributed by atoms with Gasteiger partial charge in [-0.3, -0.25) is 4.79 Å². The molecule has 210 valence electrons. The summed E-state index contributed by atoms with van der Waals surface area (Å²) in [6.45, 7) is 4.58. The molecule has 0 aromatic rings. The number of rotatable bonds is 31. The van der Waals surface area contributed by atoms with E-state index in [1.807, 2.05) is 0 Å². The Hall–Kier alpha value is -0.330. The van der Waals surface area contributed by atoms with Gasteiger partial charge in [0.2, 0.25) is 0 Å². The Morgan fingerprint density at radius 1 is 0.286 bits per heavy atom. The molecule has 0 heterocycles. The van der Waals surface area contributed by atoms with Crippen LogP contribution in [0.1, 0.15) is 213 Å². The second-order valence-electron chi connectivity index (χ2n) is 11.6. The van der Waals surface area contributed by atoms with Crippen LogP contribution in [-0.4, -0.2) is 5.78 Å². The molecule has 0 fully saturated rings. The van der Waals surface area contributed by atoms with Crippen LogP contribution in [-0.2, 0) is 4.79 Å². The SMILES string of the molecule is CCCCCCCCCCCCCCCCCCCC(=O)CCCCCCCCCCCCCC. The first-order valence-corrected chi connectivity index (χ1v) is 16.8. The molecule has 0 aliphatic carbocycles. The average Bonchev–Trinajstić information content (AvgIpc) is 2.86. The zero-order chi connectivity index (χ0) is 25.5. The minimum Gasteiger partial charge on any atom is -0.300 e. The summed E-state index contributed by atoms with van der Waals surface area (Å²) in [5, 5.41) is 0. The molecule has 0 radical (unpaired) electrons. The molecule has 1 nitrogen and oxygen atoms in total. The molecule has 0 amide bonds. The third-order valence-electron chi connectivity index (χ3n) is 7.87. The summed E-state index contributed by atoms with van der Waals surface area (Å²) in [5.41, 5.74) is 0. The number of carbonyl (C=O) groups is 1. The van der Waals surface area contributed by atoms with Crippen molar-refractivity contribution in [3.05, 3.63) is 0 Å². The summed E-state index contributed by atoms with van der Waals surface area (Å²) in [6, 6.07) is 0. The average molecular weight is 493 g/mol. The highest BCUT2D eigenvalue weighted by Crippen LogP contribution is 2.16. The van der Waals surface area contributed by atoms with E-state index in [4.69, 9.17) is 0 Å². The summed E-state index contributed by atoms with van der Waals surface area (Å²) >= 11 is 0. The van der Waals surface area contributed by atoms with Gasteiger partial charge in [0.25, 0.3) is 0 Å². The van der Waals surface area contributed by atoms with E-state index in [0.29, 0.717) is 5.78 Å². The minimum absolute atomic E-state index is 0.526. The smallest absolute Gasteiger partial charge is 0.132 e. The lowest BCUT2D eigenvalue weighted by Gasteiger charge is -2.04. The highest BCUT2D eigenvalue weighted by molar-refractivity contribution is 5.78. The Kier molecular flexibility index (Phi) is 31.4. The molecule has 0 spiro atoms. The van der Waals surface area contributed by atoms with Crippen LogP contribution in [0.25, 0.3) is 0 Å². The quantitative estimate of drug-likeness (QED) is 0.0879. The summed E-state index contributed by atoms with van der Waals surface area (Å²) in [5.74, 6) is 0.526. The third-order valence-corrected chi connectivity index (χ3v) is 7.87. The van der Waals surface area contributed by atoms with Crippen molar-refractivity contribution in [3.8, 4) is 0 Å². The molecule has 0 aromatic heterocycles. The Balaban J connectivity index is 3.13. The number of hydrogen-bond acceptors (Lipinski definition) is 1. The summed E-state index contributed by atoms with van der Waals surface area (Å²) in [4.78, 5) is 12.1. The number of hydrogen-bond donors (Lipinski definition) is 0. The predicted molar refractivity (Wildman–Crippen MR) is 159 cm³/mol. The van der Waals surface area contributed by atoms with E-state index in [0.717, 1.165) is 25.7 Å². The molecule has 0 unspecified atom stereocenters. The van der Waals surface area contributed by atoms with Crippen LogP contribution in [0.3, 0.4) is 0 Å². The number of ketones is 1. The monoisotopic (exact) mass is 493 g/mol. The maximum Gasteiger partial charge on any atom is 0.132 e. The number of carbonyl (C=O) groups excluding carboxylic acids is 1. The first-order chi connectivity index (χ1) is 17.3. The first-order valence-electron chi connectivity index (χ1n) is 16.8. The Bertz CT molecular complexity index is 388. The summed E-state index contributed by atoms with van der Waals surface area (Å²) in [7, 11) is 0. The van der Waals surface area contributed by atoms with Gasteiger partial charge >= 0.3 is 0 Å². The molecule has 0 aliphatic rings. The van der Waals surface area contributed by atoms with Crippen molar-refractivity contribution in [2.45, 2.75) is 213 Å². The highest BCUT2D eigenvalue weighted by atomic mass is 16.1. The molecule has 0 bridgehead atoms. The van der Waals surface area contributed by atoms with Crippen molar-refractivity contribution < 1.29 is 4.79 Å². The fraction of sp³-hybridized carbons (Fsp3) is 0.971. The topological polar surface area (TPSA) is 17.1 Å². The second kappa shape index (κ2) is 31.7. The van der Waals surface area contributed by atoms with Crippen molar-refractivity contribution in [2.24, 2.45) is 0 Å². The number of unbranched alkanes of at least 4 members (excludes halogenated alkanes) is 27. The molecule has 0 atom stereocenters. The van der Waals surface area contributed by atoms with E-state index in [9.17, 15) is 4.79 Å². The lowest BCUT2D eigenvalue weighted by atomic mass is 10.0. The van der Waals surface area contributed by atoms with Gasteiger partial charge in [0.1, 0.15) is 5.78 Å². The van der Waals surface area contributed by atoms with Gasteiger partial charge in [-0.15, -0.1) is 0 Å². The molecule has 0 rings (SSSR count). The van der Waals surface area contributed by atoms with Crippen molar-refractivity contribution in [3.63, 3.8) is 0 Å². The maximum atomic E-state index is 12.1. The van der Waals surface area contributed by atoms with E-state index in [-0.39, 0.29) is 0 Å². The largest absolute Gasteiger partial charge is 0.300 e. The van der Waals surface area contributed by atoms with Crippen LogP contribution in [0.4, 0.5) is 0 Å². The van der Waals surface area contributed by atoms with Crippen LogP contribution in [0.15, 0.2) is 0 Å². The van der Waals surface area contributed by atoms with Gasteiger partial charge in [-0.25, -0.2) is 0 Å². The van der Waals surface area contributed by atoms with Gasteiger partial charge < -0.3 is 0 Å². The van der Waals surface area contributed by atoms with Gasteiger partial charge in [-0.1, -0.05) is 187 Å². The van der Waals surface area contributed by atoms with E-state index >= 15 is 0 Å². The van der Waals surface area contributed by atoms with Crippen molar-refractivity contribution >= 4 is 5.78 Å².